The van der Waals surface area contributed by atoms with Crippen molar-refractivity contribution in [3.63, 3.8) is 0 Å². The molecule has 17 heavy (non-hydrogen) atoms. The summed E-state index contributed by atoms with van der Waals surface area (Å²) in [4.78, 5) is 16.0. The highest BCUT2D eigenvalue weighted by molar-refractivity contribution is 5.83. The van der Waals surface area contributed by atoms with Crippen molar-refractivity contribution >= 4 is 16.8 Å². The second-order valence-corrected chi connectivity index (χ2v) is 4.08. The average Bonchev–Trinajstić information content (AvgIpc) is 2.30. The molecule has 1 aromatic carbocycles. The fraction of sp³-hybridized carbons (Fsp3) is 0.286. The standard InChI is InChI=1S/C14H16N2O/c1-3-15-13(17)9-12-8-7-11-6-4-5-10(2)14(11)16-12/h4-8H,3,9H2,1-2H3,(H,15,17). The lowest BCUT2D eigenvalue weighted by Crippen LogP contribution is -2.24. The number of amides is 1. The zero-order chi connectivity index (χ0) is 12.3. The van der Waals surface area contributed by atoms with E-state index in [2.05, 4.69) is 10.3 Å². The Morgan fingerprint density at radius 3 is 2.88 bits per heavy atom. The molecule has 0 unspecified atom stereocenters. The first-order chi connectivity index (χ1) is 8.20. The van der Waals surface area contributed by atoms with Crippen LogP contribution < -0.4 is 5.32 Å². The van der Waals surface area contributed by atoms with E-state index in [-0.39, 0.29) is 5.91 Å². The van der Waals surface area contributed by atoms with Gasteiger partial charge < -0.3 is 5.32 Å². The van der Waals surface area contributed by atoms with Crippen LogP contribution in [0.15, 0.2) is 30.3 Å². The van der Waals surface area contributed by atoms with E-state index >= 15 is 0 Å². The number of para-hydroxylation sites is 1. The summed E-state index contributed by atoms with van der Waals surface area (Å²) in [7, 11) is 0. The molecule has 0 fully saturated rings. The van der Waals surface area contributed by atoms with Crippen LogP contribution in [0.1, 0.15) is 18.2 Å². The van der Waals surface area contributed by atoms with Crippen LogP contribution in [-0.2, 0) is 11.2 Å². The van der Waals surface area contributed by atoms with E-state index in [9.17, 15) is 4.79 Å². The summed E-state index contributed by atoms with van der Waals surface area (Å²) in [6, 6.07) is 10.0. The van der Waals surface area contributed by atoms with Crippen molar-refractivity contribution in [2.75, 3.05) is 6.54 Å². The summed E-state index contributed by atoms with van der Waals surface area (Å²) in [5.74, 6) is 0.0212. The van der Waals surface area contributed by atoms with Crippen LogP contribution >= 0.6 is 0 Å². The minimum Gasteiger partial charge on any atom is -0.356 e. The van der Waals surface area contributed by atoms with Gasteiger partial charge in [0.15, 0.2) is 0 Å². The summed E-state index contributed by atoms with van der Waals surface area (Å²) in [5.41, 5.74) is 2.94. The molecule has 2 rings (SSSR count). The largest absolute Gasteiger partial charge is 0.356 e. The number of nitrogens with one attached hydrogen (secondary N) is 1. The number of aryl methyl sites for hydroxylation is 1. The number of fused-ring (bicyclic) bond motifs is 1. The van der Waals surface area contributed by atoms with E-state index < -0.39 is 0 Å². The van der Waals surface area contributed by atoms with E-state index in [1.165, 1.54) is 0 Å². The number of benzene rings is 1. The number of carbonyl (C=O) groups is 1. The van der Waals surface area contributed by atoms with Gasteiger partial charge in [0.1, 0.15) is 0 Å². The van der Waals surface area contributed by atoms with Crippen LogP contribution in [0.4, 0.5) is 0 Å². The van der Waals surface area contributed by atoms with E-state index in [4.69, 9.17) is 0 Å². The number of aromatic nitrogens is 1. The van der Waals surface area contributed by atoms with Crippen molar-refractivity contribution in [1.82, 2.24) is 10.3 Å². The third kappa shape index (κ3) is 2.61. The molecular formula is C14H16N2O. The van der Waals surface area contributed by atoms with Crippen LogP contribution in [0.25, 0.3) is 10.9 Å². The SMILES string of the molecule is CCNC(=O)Cc1ccc2cccc(C)c2n1. The van der Waals surface area contributed by atoms with E-state index in [1.54, 1.807) is 0 Å². The fourth-order valence-corrected chi connectivity index (χ4v) is 1.86. The van der Waals surface area contributed by atoms with E-state index in [1.807, 2.05) is 44.2 Å². The number of carbonyl (C=O) groups excluding carboxylic acids is 1. The van der Waals surface area contributed by atoms with Crippen LogP contribution in [-0.4, -0.2) is 17.4 Å². The van der Waals surface area contributed by atoms with Crippen molar-refractivity contribution in [3.8, 4) is 0 Å². The van der Waals surface area contributed by atoms with Gasteiger partial charge in [-0.15, -0.1) is 0 Å². The molecule has 0 saturated heterocycles. The molecule has 1 amide bonds. The molecule has 0 aliphatic carbocycles. The van der Waals surface area contributed by atoms with E-state index in [0.29, 0.717) is 13.0 Å². The highest BCUT2D eigenvalue weighted by atomic mass is 16.1. The Kier molecular flexibility index (Phi) is 3.38. The molecule has 0 aliphatic rings. The molecule has 1 aromatic heterocycles. The first kappa shape index (κ1) is 11.6. The Labute approximate surface area is 101 Å². The smallest absolute Gasteiger partial charge is 0.226 e. The van der Waals surface area contributed by atoms with Crippen LogP contribution in [0, 0.1) is 6.92 Å². The Hall–Kier alpha value is -1.90. The minimum atomic E-state index is 0.0212. The highest BCUT2D eigenvalue weighted by Gasteiger charge is 2.05. The molecule has 1 heterocycles. The third-order valence-electron chi connectivity index (χ3n) is 2.70. The van der Waals surface area contributed by atoms with Crippen molar-refractivity contribution < 1.29 is 4.79 Å². The van der Waals surface area contributed by atoms with Crippen molar-refractivity contribution in [1.29, 1.82) is 0 Å². The van der Waals surface area contributed by atoms with Gasteiger partial charge in [-0.3, -0.25) is 9.78 Å². The fourth-order valence-electron chi connectivity index (χ4n) is 1.86. The van der Waals surface area contributed by atoms with E-state index in [0.717, 1.165) is 22.2 Å². The molecule has 3 nitrogen and oxygen atoms in total. The topological polar surface area (TPSA) is 42.0 Å². The predicted octanol–water partition coefficient (Wildman–Crippen LogP) is 2.22. The molecule has 1 N–H and O–H groups in total. The summed E-state index contributed by atoms with van der Waals surface area (Å²) < 4.78 is 0. The lowest BCUT2D eigenvalue weighted by Gasteiger charge is -2.05. The van der Waals surface area contributed by atoms with Gasteiger partial charge in [0.2, 0.25) is 5.91 Å². The second kappa shape index (κ2) is 4.95. The number of hydrogen-bond acceptors (Lipinski definition) is 2. The zero-order valence-electron chi connectivity index (χ0n) is 10.2. The third-order valence-corrected chi connectivity index (χ3v) is 2.70. The molecule has 0 spiro atoms. The lowest BCUT2D eigenvalue weighted by atomic mass is 10.1. The van der Waals surface area contributed by atoms with Crippen molar-refractivity contribution in [3.05, 3.63) is 41.6 Å². The molecule has 2 aromatic rings. The van der Waals surface area contributed by atoms with Gasteiger partial charge >= 0.3 is 0 Å². The maximum absolute atomic E-state index is 11.5. The maximum atomic E-state index is 11.5. The Morgan fingerprint density at radius 2 is 2.12 bits per heavy atom. The predicted molar refractivity (Wildman–Crippen MR) is 68.9 cm³/mol. The Balaban J connectivity index is 2.31. The molecule has 0 saturated carbocycles. The van der Waals surface area contributed by atoms with Gasteiger partial charge in [0.05, 0.1) is 17.6 Å². The van der Waals surface area contributed by atoms with Crippen molar-refractivity contribution in [2.24, 2.45) is 0 Å². The quantitative estimate of drug-likeness (QED) is 0.875. The summed E-state index contributed by atoms with van der Waals surface area (Å²) in [6.07, 6.45) is 0.345. The monoisotopic (exact) mass is 228 g/mol. The van der Waals surface area contributed by atoms with Gasteiger partial charge in [-0.05, 0) is 25.5 Å². The number of hydrogen-bond donors (Lipinski definition) is 1. The normalized spacial score (nSPS) is 10.5. The molecular weight excluding hydrogens is 212 g/mol. The molecule has 0 bridgehead atoms. The lowest BCUT2D eigenvalue weighted by molar-refractivity contribution is -0.120. The molecule has 88 valence electrons. The highest BCUT2D eigenvalue weighted by Crippen LogP contribution is 2.16. The number of rotatable bonds is 3. The molecule has 3 heteroatoms. The Bertz CT molecular complexity index is 549. The summed E-state index contributed by atoms with van der Waals surface area (Å²) in [5, 5.41) is 3.89. The van der Waals surface area contributed by atoms with Crippen LogP contribution in [0.5, 0.6) is 0 Å². The number of likely N-dealkylation sites (N-methyl/N-ethyl adjacent to an activating group) is 1. The van der Waals surface area contributed by atoms with Gasteiger partial charge in [0, 0.05) is 11.9 Å². The average molecular weight is 228 g/mol. The molecule has 0 aliphatic heterocycles. The van der Waals surface area contributed by atoms with Gasteiger partial charge in [-0.25, -0.2) is 0 Å². The van der Waals surface area contributed by atoms with Crippen LogP contribution in [0.2, 0.25) is 0 Å². The minimum absolute atomic E-state index is 0.0212. The molecule has 0 atom stereocenters. The van der Waals surface area contributed by atoms with Gasteiger partial charge in [-0.1, -0.05) is 24.3 Å². The first-order valence-electron chi connectivity index (χ1n) is 5.82. The number of pyridine rings is 1. The maximum Gasteiger partial charge on any atom is 0.226 e. The van der Waals surface area contributed by atoms with Crippen LogP contribution in [0.3, 0.4) is 0 Å². The van der Waals surface area contributed by atoms with Crippen molar-refractivity contribution in [2.45, 2.75) is 20.3 Å². The van der Waals surface area contributed by atoms with Gasteiger partial charge in [0.25, 0.3) is 0 Å². The Morgan fingerprint density at radius 1 is 1.29 bits per heavy atom. The first-order valence-corrected chi connectivity index (χ1v) is 5.82. The van der Waals surface area contributed by atoms with Gasteiger partial charge in [-0.2, -0.15) is 0 Å². The molecule has 0 radical (unpaired) electrons. The second-order valence-electron chi connectivity index (χ2n) is 4.08. The summed E-state index contributed by atoms with van der Waals surface area (Å²) in [6.45, 7) is 4.60. The number of nitrogens with zero attached hydrogens (tertiary/aromatic N) is 1. The zero-order valence-corrected chi connectivity index (χ0v) is 10.2. The summed E-state index contributed by atoms with van der Waals surface area (Å²) >= 11 is 0.